The first-order chi connectivity index (χ1) is 42.7. The maximum Gasteiger partial charge on any atom is 0.317 e. The lowest BCUT2D eigenvalue weighted by molar-refractivity contribution is -0.154. The van der Waals surface area contributed by atoms with Crippen LogP contribution in [0.4, 0.5) is 0 Å². The van der Waals surface area contributed by atoms with E-state index in [-0.39, 0.29) is 119 Å². The summed E-state index contributed by atoms with van der Waals surface area (Å²) in [5.41, 5.74) is 4.95. The van der Waals surface area contributed by atoms with E-state index in [1.54, 1.807) is 6.92 Å². The summed E-state index contributed by atoms with van der Waals surface area (Å²) in [6, 6.07) is 40.7. The lowest BCUT2D eigenvalue weighted by Gasteiger charge is -2.35. The highest BCUT2D eigenvalue weighted by molar-refractivity contribution is 6.04. The van der Waals surface area contributed by atoms with Crippen LogP contribution < -0.4 is 10.6 Å². The summed E-state index contributed by atoms with van der Waals surface area (Å²) >= 11 is 0. The number of hydrogen-bond donors (Lipinski definition) is 10. The largest absolute Gasteiger partial charge is 0.465 e. The number of benzene rings is 4. The van der Waals surface area contributed by atoms with Crippen molar-refractivity contribution in [3.8, 4) is 0 Å². The number of hydrogen-bond acceptors (Lipinski definition) is 20. The lowest BCUT2D eigenvalue weighted by Crippen LogP contribution is -2.44. The minimum absolute atomic E-state index is 0. The first kappa shape index (κ1) is 79.0. The number of esters is 1. The fourth-order valence-electron chi connectivity index (χ4n) is 11.5. The van der Waals surface area contributed by atoms with Gasteiger partial charge < -0.3 is 61.0 Å². The highest BCUT2D eigenvalue weighted by atomic mass is 16.5. The first-order valence-corrected chi connectivity index (χ1v) is 31.5. The molecule has 0 amide bonds. The van der Waals surface area contributed by atoms with Crippen LogP contribution in [0.15, 0.2) is 121 Å². The molecule has 6 saturated heterocycles. The van der Waals surface area contributed by atoms with Crippen LogP contribution in [0.5, 0.6) is 0 Å². The third-order valence-electron chi connectivity index (χ3n) is 16.9. The predicted molar refractivity (Wildman–Crippen MR) is 351 cm³/mol. The second-order valence-electron chi connectivity index (χ2n) is 23.7. The van der Waals surface area contributed by atoms with Gasteiger partial charge in [-0.25, -0.2) is 0 Å². The van der Waals surface area contributed by atoms with Crippen molar-refractivity contribution in [2.45, 2.75) is 111 Å². The van der Waals surface area contributed by atoms with E-state index in [4.69, 9.17) is 40.1 Å². The highest BCUT2D eigenvalue weighted by Crippen LogP contribution is 2.22. The molecule has 0 saturated carbocycles. The maximum atomic E-state index is 12.0. The zero-order chi connectivity index (χ0) is 63.5. The van der Waals surface area contributed by atoms with E-state index in [2.05, 4.69) is 66.6 Å². The molecule has 90 heavy (non-hydrogen) atoms. The van der Waals surface area contributed by atoms with Gasteiger partial charge in [-0.15, -0.1) is 0 Å². The monoisotopic (exact) mass is 1260 g/mol. The Kier molecular flexibility index (Phi) is 39.6. The van der Waals surface area contributed by atoms with Crippen molar-refractivity contribution in [2.75, 3.05) is 125 Å². The average Bonchev–Trinajstić information content (AvgIpc) is 3.16. The number of aliphatic hydroxyl groups is 8. The summed E-state index contributed by atoms with van der Waals surface area (Å²) in [7, 11) is 1.48. The van der Waals surface area contributed by atoms with E-state index in [1.165, 1.54) is 29.4 Å². The van der Waals surface area contributed by atoms with E-state index in [0.717, 1.165) is 97.7 Å². The molecule has 0 aromatic heterocycles. The van der Waals surface area contributed by atoms with Crippen molar-refractivity contribution in [1.29, 1.82) is 0 Å². The SMILES string of the molecule is C.C.CCOC(=O)C1CN(Cc2ccccc2)CCC1=O.COCC(=O)C1CCN(Cc2ccccc2)CC1=O.OCC1CCN(Cc2ccccc2)CC1O.OCC1CCNCC1O.OCC1CN(Cc2ccccc2)CCC1O.OCC1CNCCC1O. The Morgan fingerprint density at radius 3 is 1.37 bits per heavy atom. The first-order valence-electron chi connectivity index (χ1n) is 31.5. The molecule has 0 bridgehead atoms. The molecule has 0 aliphatic carbocycles. The van der Waals surface area contributed by atoms with Crippen molar-refractivity contribution in [1.82, 2.24) is 30.2 Å². The van der Waals surface area contributed by atoms with Crippen molar-refractivity contribution >= 4 is 23.3 Å². The van der Waals surface area contributed by atoms with Gasteiger partial charge in [0, 0.05) is 142 Å². The Bertz CT molecular complexity index is 2510. The number of carbonyl (C=O) groups excluding carboxylic acids is 4. The molecular weight excluding hydrogens is 1150 g/mol. The van der Waals surface area contributed by atoms with Gasteiger partial charge in [0.15, 0.2) is 11.6 Å². The smallest absolute Gasteiger partial charge is 0.317 e. The van der Waals surface area contributed by atoms with Crippen molar-refractivity contribution < 1.29 is 69.5 Å². The van der Waals surface area contributed by atoms with E-state index in [1.807, 2.05) is 84.9 Å². The van der Waals surface area contributed by atoms with Crippen LogP contribution in [0.1, 0.15) is 82.6 Å². The maximum absolute atomic E-state index is 12.0. The Morgan fingerprint density at radius 1 is 0.478 bits per heavy atom. The second kappa shape index (κ2) is 45.1. The Labute approximate surface area is 536 Å². The topological polar surface area (TPSA) is 286 Å². The summed E-state index contributed by atoms with van der Waals surface area (Å²) in [5, 5.41) is 79.5. The van der Waals surface area contributed by atoms with Gasteiger partial charge in [-0.2, -0.15) is 0 Å². The number of methoxy groups -OCH3 is 1. The fourth-order valence-corrected chi connectivity index (χ4v) is 11.5. The fraction of sp³-hybridized carbons (Fsp3) is 0.600. The summed E-state index contributed by atoms with van der Waals surface area (Å²) in [4.78, 5) is 56.0. The number of nitrogens with zero attached hydrogens (tertiary/aromatic N) is 4. The number of rotatable bonds is 17. The van der Waals surface area contributed by atoms with Crippen LogP contribution in [-0.4, -0.2) is 233 Å². The van der Waals surface area contributed by atoms with Crippen molar-refractivity contribution in [3.63, 3.8) is 0 Å². The summed E-state index contributed by atoms with van der Waals surface area (Å²) in [6.07, 6.45) is 2.97. The molecule has 0 radical (unpaired) electrons. The number of ketones is 3. The normalized spacial score (nSPS) is 25.5. The molecule has 10 atom stereocenters. The molecule has 20 nitrogen and oxygen atoms in total. The Balaban J connectivity index is 0.000000286. The molecular formula is C70H110N6O14. The molecule has 10 rings (SSSR count). The van der Waals surface area contributed by atoms with Crippen molar-refractivity contribution in [3.05, 3.63) is 144 Å². The third kappa shape index (κ3) is 28.7. The van der Waals surface area contributed by atoms with Gasteiger partial charge in [-0.3, -0.25) is 38.8 Å². The van der Waals surface area contributed by atoms with Crippen LogP contribution in [0.3, 0.4) is 0 Å². The molecule has 6 aliphatic rings. The minimum Gasteiger partial charge on any atom is -0.465 e. The lowest BCUT2D eigenvalue weighted by atomic mass is 9.91. The number of nitrogens with one attached hydrogen (secondary N) is 2. The summed E-state index contributed by atoms with van der Waals surface area (Å²) < 4.78 is 9.78. The zero-order valence-electron chi connectivity index (χ0n) is 51.9. The standard InChI is InChI=1S/2C15H19NO3.2C13H19NO2.2C6H13NO2.2CH4/c1-19-11-15(18)13-7-8-16(10-14(13)17)9-12-5-3-2-4-6-12;1-2-19-15(18)13-11-16(9-8-14(13)17)10-12-6-4-3-5-7-12;15-10-12-9-14(7-6-13(12)16)8-11-4-2-1-3-5-11;15-10-12-6-7-14(9-13(12)16)8-11-4-2-1-3-5-11;8-4-5-3-7-2-1-6(5)9;8-4-5-1-2-7-3-6(5)9;;/h2-6,13H,7-11H2,1H3;3-7,13H,2,8-11H2,1H3;2*1-5,12-13,15-16H,6-10H2;2*5-9H,1-4H2;2*1H4. The van der Waals surface area contributed by atoms with Crippen molar-refractivity contribution in [2.24, 2.45) is 35.5 Å². The van der Waals surface area contributed by atoms with E-state index in [9.17, 15) is 29.4 Å². The third-order valence-corrected chi connectivity index (χ3v) is 16.9. The van der Waals surface area contributed by atoms with Crippen LogP contribution >= 0.6 is 0 Å². The number of Topliss-reactive ketones (excluding diaryl/α,β-unsaturated/α-hetero) is 3. The van der Waals surface area contributed by atoms with Gasteiger partial charge in [-0.1, -0.05) is 136 Å². The molecule has 4 aromatic rings. The minimum atomic E-state index is -0.614. The highest BCUT2D eigenvalue weighted by Gasteiger charge is 2.35. The van der Waals surface area contributed by atoms with Crippen LogP contribution in [-0.2, 0) is 54.8 Å². The van der Waals surface area contributed by atoms with E-state index >= 15 is 0 Å². The van der Waals surface area contributed by atoms with Gasteiger partial charge >= 0.3 is 5.97 Å². The number of piperidine rings is 6. The van der Waals surface area contributed by atoms with E-state index in [0.29, 0.717) is 52.2 Å². The number of ether oxygens (including phenoxy) is 2. The van der Waals surface area contributed by atoms with Crippen LogP contribution in [0.2, 0.25) is 0 Å². The molecule has 6 fully saturated rings. The quantitative estimate of drug-likeness (QED) is 0.0531. The molecule has 4 aromatic carbocycles. The summed E-state index contributed by atoms with van der Waals surface area (Å²) in [6.45, 7) is 14.6. The van der Waals surface area contributed by atoms with Crippen LogP contribution in [0, 0.1) is 35.5 Å². The summed E-state index contributed by atoms with van der Waals surface area (Å²) in [5.74, 6) is -1.30. The molecule has 504 valence electrons. The second-order valence-corrected chi connectivity index (χ2v) is 23.7. The van der Waals surface area contributed by atoms with Gasteiger partial charge in [0.2, 0.25) is 0 Å². The van der Waals surface area contributed by atoms with E-state index < -0.39 is 11.8 Å². The molecule has 10 unspecified atom stereocenters. The Hall–Kier alpha value is -5.24. The van der Waals surface area contributed by atoms with Gasteiger partial charge in [-0.05, 0) is 80.9 Å². The number of aliphatic hydroxyl groups excluding tert-OH is 8. The molecule has 20 heteroatoms. The van der Waals surface area contributed by atoms with Gasteiger partial charge in [0.05, 0.1) is 43.5 Å². The van der Waals surface area contributed by atoms with Gasteiger partial charge in [0.1, 0.15) is 18.3 Å². The number of likely N-dealkylation sites (tertiary alicyclic amines) is 4. The number of β-amino-alcohol motifs (C(OH)–C–C–N with tert-alkyl or cyclic N) is 2. The average molecular weight is 1260 g/mol. The molecule has 0 spiro atoms. The van der Waals surface area contributed by atoms with Gasteiger partial charge in [0.25, 0.3) is 0 Å². The predicted octanol–water partition coefficient (Wildman–Crippen LogP) is 3.83. The molecule has 6 aliphatic heterocycles. The Morgan fingerprint density at radius 2 is 0.922 bits per heavy atom. The van der Waals surface area contributed by atoms with Crippen LogP contribution in [0.25, 0.3) is 0 Å². The zero-order valence-corrected chi connectivity index (χ0v) is 51.9. The number of carbonyl (C=O) groups is 4. The molecule has 6 heterocycles. The molecule has 10 N–H and O–H groups in total.